The van der Waals surface area contributed by atoms with Crippen LogP contribution in [-0.4, -0.2) is 47.5 Å². The van der Waals surface area contributed by atoms with Crippen LogP contribution in [0.25, 0.3) is 0 Å². The zero-order valence-electron chi connectivity index (χ0n) is 18.8. The van der Waals surface area contributed by atoms with Crippen LogP contribution in [0.4, 0.5) is 11.4 Å². The van der Waals surface area contributed by atoms with Crippen molar-refractivity contribution in [2.24, 2.45) is 11.8 Å². The van der Waals surface area contributed by atoms with Crippen LogP contribution in [0.5, 0.6) is 0 Å². The van der Waals surface area contributed by atoms with Gasteiger partial charge in [-0.15, -0.1) is 0 Å². The van der Waals surface area contributed by atoms with E-state index in [9.17, 15) is 24.5 Å². The van der Waals surface area contributed by atoms with Gasteiger partial charge in [0.05, 0.1) is 4.92 Å². The van der Waals surface area contributed by atoms with Gasteiger partial charge in [0.2, 0.25) is 5.91 Å². The monoisotopic (exact) mass is 469 g/mol. The molecule has 0 bridgehead atoms. The molecule has 0 aromatic heterocycles. The highest BCUT2D eigenvalue weighted by molar-refractivity contribution is 5.97. The molecule has 0 radical (unpaired) electrons. The number of amides is 1. The molecule has 34 heavy (non-hydrogen) atoms. The highest BCUT2D eigenvalue weighted by Gasteiger charge is 2.34. The van der Waals surface area contributed by atoms with E-state index < -0.39 is 23.0 Å². The molecule has 2 aromatic carbocycles. The molecule has 1 heterocycles. The second-order valence-electron chi connectivity index (χ2n) is 8.05. The Morgan fingerprint density at radius 2 is 1.79 bits per heavy atom. The largest absolute Gasteiger partial charge is 0.460 e. The van der Waals surface area contributed by atoms with Crippen molar-refractivity contribution in [3.8, 4) is 0 Å². The number of nitrogens with one attached hydrogen (secondary N) is 1. The molecule has 10 nitrogen and oxygen atoms in total. The Hall–Kier alpha value is -3.95. The molecule has 2 atom stereocenters. The summed E-state index contributed by atoms with van der Waals surface area (Å²) in [6.07, 6.45) is 0.192. The highest BCUT2D eigenvalue weighted by atomic mass is 16.6. The minimum Gasteiger partial charge on any atom is -0.460 e. The van der Waals surface area contributed by atoms with E-state index >= 15 is 0 Å². The Morgan fingerprint density at radius 1 is 1.15 bits per heavy atom. The molecule has 1 amide bonds. The van der Waals surface area contributed by atoms with Gasteiger partial charge < -0.3 is 19.7 Å². The van der Waals surface area contributed by atoms with Crippen LogP contribution >= 0.6 is 0 Å². The number of rotatable bonds is 10. The summed E-state index contributed by atoms with van der Waals surface area (Å²) in [6.45, 7) is 2.64. The molecule has 180 valence electrons. The van der Waals surface area contributed by atoms with Gasteiger partial charge in [-0.25, -0.2) is 0 Å². The van der Waals surface area contributed by atoms with Crippen LogP contribution in [-0.2, 0) is 30.5 Å². The predicted molar refractivity (Wildman–Crippen MR) is 122 cm³/mol. The zero-order valence-corrected chi connectivity index (χ0v) is 18.8. The highest BCUT2D eigenvalue weighted by Crippen LogP contribution is 2.29. The van der Waals surface area contributed by atoms with Gasteiger partial charge >= 0.3 is 5.97 Å². The van der Waals surface area contributed by atoms with Crippen molar-refractivity contribution in [1.82, 2.24) is 4.90 Å². The number of esters is 1. The SMILES string of the molecule is C[C@@H](C(=O)OCc1ccccc1)C(=O)N1CCC(C(Nc2ccccc2[N+](=O)[O-])OC=O)CC1. The van der Waals surface area contributed by atoms with E-state index in [4.69, 9.17) is 9.47 Å². The van der Waals surface area contributed by atoms with E-state index in [-0.39, 0.29) is 29.8 Å². The summed E-state index contributed by atoms with van der Waals surface area (Å²) in [5, 5.41) is 14.2. The van der Waals surface area contributed by atoms with Crippen LogP contribution in [0, 0.1) is 22.0 Å². The lowest BCUT2D eigenvalue weighted by Crippen LogP contribution is -2.46. The minimum atomic E-state index is -0.938. The molecule has 0 aliphatic carbocycles. The van der Waals surface area contributed by atoms with E-state index in [0.717, 1.165) is 5.56 Å². The average Bonchev–Trinajstić information content (AvgIpc) is 2.87. The predicted octanol–water partition coefficient (Wildman–Crippen LogP) is 3.12. The maximum atomic E-state index is 12.8. The van der Waals surface area contributed by atoms with E-state index in [1.807, 2.05) is 30.3 Å². The fourth-order valence-corrected chi connectivity index (χ4v) is 3.88. The topological polar surface area (TPSA) is 128 Å². The van der Waals surface area contributed by atoms with Gasteiger partial charge in [0, 0.05) is 25.1 Å². The lowest BCUT2D eigenvalue weighted by molar-refractivity contribution is -0.384. The second kappa shape index (κ2) is 11.8. The third-order valence-electron chi connectivity index (χ3n) is 5.83. The van der Waals surface area contributed by atoms with Crippen molar-refractivity contribution in [2.75, 3.05) is 18.4 Å². The van der Waals surface area contributed by atoms with Crippen molar-refractivity contribution in [2.45, 2.75) is 32.6 Å². The molecule has 2 aromatic rings. The van der Waals surface area contributed by atoms with Crippen LogP contribution in [0.3, 0.4) is 0 Å². The van der Waals surface area contributed by atoms with E-state index in [1.54, 1.807) is 23.1 Å². The molecular formula is C24H27N3O7. The van der Waals surface area contributed by atoms with Crippen LogP contribution < -0.4 is 5.32 Å². The fraction of sp³-hybridized carbons (Fsp3) is 0.375. The molecule has 1 aliphatic rings. The number of nitro groups is 1. The van der Waals surface area contributed by atoms with Gasteiger partial charge in [-0.05, 0) is 31.4 Å². The smallest absolute Gasteiger partial charge is 0.318 e. The first-order chi connectivity index (χ1) is 16.4. The summed E-state index contributed by atoms with van der Waals surface area (Å²) in [4.78, 5) is 48.6. The average molecular weight is 469 g/mol. The summed E-state index contributed by atoms with van der Waals surface area (Å²) in [5.74, 6) is -2.02. The molecule has 1 saturated heterocycles. The summed E-state index contributed by atoms with van der Waals surface area (Å²) in [7, 11) is 0. The second-order valence-corrected chi connectivity index (χ2v) is 8.05. The fourth-order valence-electron chi connectivity index (χ4n) is 3.88. The molecule has 0 spiro atoms. The van der Waals surface area contributed by atoms with Gasteiger partial charge in [-0.1, -0.05) is 42.5 Å². The Bertz CT molecular complexity index is 1010. The molecule has 10 heteroatoms. The normalized spacial score (nSPS) is 15.6. The first kappa shape index (κ1) is 24.7. The summed E-state index contributed by atoms with van der Waals surface area (Å²) in [5.41, 5.74) is 0.953. The number of hydrogen-bond donors (Lipinski definition) is 1. The maximum Gasteiger partial charge on any atom is 0.318 e. The number of carbonyl (C=O) groups excluding carboxylic acids is 3. The number of ether oxygens (including phenoxy) is 2. The first-order valence-corrected chi connectivity index (χ1v) is 11.0. The number of hydrogen-bond acceptors (Lipinski definition) is 8. The third kappa shape index (κ3) is 6.31. The number of nitrogens with zero attached hydrogens (tertiary/aromatic N) is 2. The number of piperidine rings is 1. The zero-order chi connectivity index (χ0) is 24.5. The molecule has 3 rings (SSSR count). The van der Waals surface area contributed by atoms with Crippen molar-refractivity contribution in [3.05, 3.63) is 70.3 Å². The molecule has 1 unspecified atom stereocenters. The number of nitro benzene ring substituents is 1. The Morgan fingerprint density at radius 3 is 2.44 bits per heavy atom. The van der Waals surface area contributed by atoms with Gasteiger partial charge in [0.25, 0.3) is 12.2 Å². The first-order valence-electron chi connectivity index (χ1n) is 11.0. The molecule has 0 saturated carbocycles. The maximum absolute atomic E-state index is 12.8. The Kier molecular flexibility index (Phi) is 8.55. The standard InChI is InChI=1S/C24H27N3O7/c1-17(24(30)33-15-18-7-3-2-4-8-18)23(29)26-13-11-19(12-14-26)22(34-16-28)25-20-9-5-6-10-21(20)27(31)32/h2-10,16-17,19,22,25H,11-15H2,1H3/t17-,22?/m1/s1. The summed E-state index contributed by atoms with van der Waals surface area (Å²) < 4.78 is 10.5. The van der Waals surface area contributed by atoms with Crippen LogP contribution in [0.2, 0.25) is 0 Å². The van der Waals surface area contributed by atoms with Crippen molar-refractivity contribution >= 4 is 29.7 Å². The summed E-state index contributed by atoms with van der Waals surface area (Å²) in [6, 6.07) is 15.3. The van der Waals surface area contributed by atoms with Gasteiger partial charge in [0.1, 0.15) is 18.2 Å². The number of anilines is 1. The number of likely N-dealkylation sites (tertiary alicyclic amines) is 1. The van der Waals surface area contributed by atoms with Crippen LogP contribution in [0.1, 0.15) is 25.3 Å². The Labute approximate surface area is 197 Å². The van der Waals surface area contributed by atoms with E-state index in [2.05, 4.69) is 5.32 Å². The molecule has 1 fully saturated rings. The number of benzene rings is 2. The van der Waals surface area contributed by atoms with Crippen LogP contribution in [0.15, 0.2) is 54.6 Å². The Balaban J connectivity index is 1.55. The number of para-hydroxylation sites is 2. The summed E-state index contributed by atoms with van der Waals surface area (Å²) >= 11 is 0. The van der Waals surface area contributed by atoms with Gasteiger partial charge in [-0.3, -0.25) is 24.5 Å². The van der Waals surface area contributed by atoms with Gasteiger partial charge in [0.15, 0.2) is 6.23 Å². The van der Waals surface area contributed by atoms with E-state index in [1.165, 1.54) is 13.0 Å². The third-order valence-corrected chi connectivity index (χ3v) is 5.83. The molecule has 1 N–H and O–H groups in total. The number of carbonyl (C=O) groups is 3. The molecular weight excluding hydrogens is 442 g/mol. The molecule has 1 aliphatic heterocycles. The van der Waals surface area contributed by atoms with Gasteiger partial charge in [-0.2, -0.15) is 0 Å². The minimum absolute atomic E-state index is 0.0986. The van der Waals surface area contributed by atoms with Crippen molar-refractivity contribution in [1.29, 1.82) is 0 Å². The lowest BCUT2D eigenvalue weighted by atomic mass is 9.93. The van der Waals surface area contributed by atoms with Crippen molar-refractivity contribution < 1.29 is 28.8 Å². The quantitative estimate of drug-likeness (QED) is 0.140. The van der Waals surface area contributed by atoms with E-state index in [0.29, 0.717) is 32.4 Å². The lowest BCUT2D eigenvalue weighted by Gasteiger charge is -2.36. The van der Waals surface area contributed by atoms with Crippen molar-refractivity contribution in [3.63, 3.8) is 0 Å².